The lowest BCUT2D eigenvalue weighted by atomic mass is 9.85. The van der Waals surface area contributed by atoms with Gasteiger partial charge in [0.25, 0.3) is 0 Å². The molecular formula is C29H34FN7O. The summed E-state index contributed by atoms with van der Waals surface area (Å²) in [5.41, 5.74) is 4.57. The fourth-order valence-corrected chi connectivity index (χ4v) is 6.25. The molecule has 2 aromatic heterocycles. The van der Waals surface area contributed by atoms with E-state index in [-0.39, 0.29) is 17.8 Å². The van der Waals surface area contributed by atoms with Crippen molar-refractivity contribution in [3.8, 4) is 5.69 Å². The van der Waals surface area contributed by atoms with Gasteiger partial charge in [0, 0.05) is 42.4 Å². The summed E-state index contributed by atoms with van der Waals surface area (Å²) in [4.78, 5) is 20.4. The standard InChI is InChI=1S/C29H34FN7O/c1-35-16-28(20-5-7-23(30)8-6-20)37(17-29(35)38)27-11-12-31-14-22(27)4-2-3-21-15-32-26-10-9-24(13-25(21)26)36-18-33-34-19-36/h5-10,13,15,18-19,22,27-28,31-32H,2-4,11-12,14,16-17H2,1H3. The summed E-state index contributed by atoms with van der Waals surface area (Å²) in [5.74, 6) is 0.371. The third-order valence-corrected chi connectivity index (χ3v) is 8.33. The molecule has 3 atom stereocenters. The SMILES string of the molecule is CN1CC(c2ccc(F)cc2)N(C2CCNCC2CCCc2c[nH]c3ccc(-n4cnnc4)cc23)CC1=O. The van der Waals surface area contributed by atoms with E-state index in [1.807, 2.05) is 28.6 Å². The highest BCUT2D eigenvalue weighted by Crippen LogP contribution is 2.34. The molecule has 0 aliphatic carbocycles. The molecule has 2 aromatic carbocycles. The maximum Gasteiger partial charge on any atom is 0.236 e. The predicted molar refractivity (Wildman–Crippen MR) is 144 cm³/mol. The number of nitrogens with zero attached hydrogens (tertiary/aromatic N) is 5. The topological polar surface area (TPSA) is 82.1 Å². The van der Waals surface area contributed by atoms with Gasteiger partial charge >= 0.3 is 0 Å². The van der Waals surface area contributed by atoms with E-state index in [1.165, 1.54) is 23.1 Å². The fraction of sp³-hybridized carbons (Fsp3) is 0.414. The zero-order chi connectivity index (χ0) is 26.1. The van der Waals surface area contributed by atoms with Crippen LogP contribution < -0.4 is 5.32 Å². The maximum atomic E-state index is 13.7. The second kappa shape index (κ2) is 10.7. The summed E-state index contributed by atoms with van der Waals surface area (Å²) in [6.45, 7) is 2.94. The van der Waals surface area contributed by atoms with Crippen LogP contribution in [0.3, 0.4) is 0 Å². The molecule has 0 radical (unpaired) electrons. The number of likely N-dealkylation sites (N-methyl/N-ethyl adjacent to an activating group) is 1. The number of aromatic nitrogens is 4. The number of piperidine rings is 1. The number of amides is 1. The summed E-state index contributed by atoms with van der Waals surface area (Å²) in [7, 11) is 1.87. The fourth-order valence-electron chi connectivity index (χ4n) is 6.25. The molecule has 4 aromatic rings. The summed E-state index contributed by atoms with van der Waals surface area (Å²) >= 11 is 0. The predicted octanol–water partition coefficient (Wildman–Crippen LogP) is 3.70. The number of benzene rings is 2. The van der Waals surface area contributed by atoms with Gasteiger partial charge in [0.2, 0.25) is 5.91 Å². The number of piperazine rings is 1. The summed E-state index contributed by atoms with van der Waals surface area (Å²) in [6, 6.07) is 13.6. The zero-order valence-electron chi connectivity index (χ0n) is 21.7. The highest BCUT2D eigenvalue weighted by Gasteiger charge is 2.39. The van der Waals surface area contributed by atoms with Crippen molar-refractivity contribution in [2.24, 2.45) is 5.92 Å². The van der Waals surface area contributed by atoms with E-state index in [0.717, 1.165) is 55.5 Å². The number of carbonyl (C=O) groups is 1. The molecule has 4 heterocycles. The molecule has 6 rings (SSSR count). The number of fused-ring (bicyclic) bond motifs is 1. The van der Waals surface area contributed by atoms with Gasteiger partial charge in [0.15, 0.2) is 0 Å². The van der Waals surface area contributed by atoms with Gasteiger partial charge in [-0.2, -0.15) is 0 Å². The molecule has 1 amide bonds. The van der Waals surface area contributed by atoms with E-state index in [0.29, 0.717) is 25.0 Å². The van der Waals surface area contributed by atoms with Crippen LogP contribution in [0.1, 0.15) is 36.4 Å². The summed E-state index contributed by atoms with van der Waals surface area (Å²) < 4.78 is 15.6. The molecular weight excluding hydrogens is 481 g/mol. The molecule has 2 aliphatic heterocycles. The Kier molecular flexibility index (Phi) is 6.95. The molecule has 8 nitrogen and oxygen atoms in total. The molecule has 0 bridgehead atoms. The Balaban J connectivity index is 1.17. The maximum absolute atomic E-state index is 13.7. The first kappa shape index (κ1) is 24.8. The number of aromatic amines is 1. The average molecular weight is 516 g/mol. The first-order valence-corrected chi connectivity index (χ1v) is 13.5. The Morgan fingerprint density at radius 3 is 2.74 bits per heavy atom. The molecule has 2 fully saturated rings. The number of carbonyl (C=O) groups excluding carboxylic acids is 1. The van der Waals surface area contributed by atoms with Gasteiger partial charge < -0.3 is 15.2 Å². The Morgan fingerprint density at radius 1 is 1.11 bits per heavy atom. The van der Waals surface area contributed by atoms with Crippen molar-refractivity contribution >= 4 is 16.8 Å². The molecule has 3 unspecified atom stereocenters. The normalized spacial score (nSPS) is 22.8. The minimum atomic E-state index is -0.230. The Labute approximate surface area is 221 Å². The first-order valence-electron chi connectivity index (χ1n) is 13.5. The molecule has 9 heteroatoms. The van der Waals surface area contributed by atoms with Crippen LogP contribution in [0.2, 0.25) is 0 Å². The molecule has 38 heavy (non-hydrogen) atoms. The number of hydrogen-bond donors (Lipinski definition) is 2. The van der Waals surface area contributed by atoms with Crippen molar-refractivity contribution in [2.45, 2.75) is 37.8 Å². The lowest BCUT2D eigenvalue weighted by Crippen LogP contribution is -2.58. The number of halogens is 1. The highest BCUT2D eigenvalue weighted by molar-refractivity contribution is 5.85. The van der Waals surface area contributed by atoms with E-state index >= 15 is 0 Å². The Morgan fingerprint density at radius 2 is 1.92 bits per heavy atom. The van der Waals surface area contributed by atoms with Gasteiger partial charge in [-0.25, -0.2) is 4.39 Å². The average Bonchev–Trinajstić information content (AvgIpc) is 3.61. The molecule has 0 saturated carbocycles. The Hall–Kier alpha value is -3.56. The molecule has 2 aliphatic rings. The van der Waals surface area contributed by atoms with E-state index in [4.69, 9.17) is 0 Å². The van der Waals surface area contributed by atoms with Crippen molar-refractivity contribution in [3.63, 3.8) is 0 Å². The number of nitrogens with one attached hydrogen (secondary N) is 2. The van der Waals surface area contributed by atoms with Gasteiger partial charge in [-0.3, -0.25) is 14.3 Å². The van der Waals surface area contributed by atoms with E-state index < -0.39 is 0 Å². The number of hydrogen-bond acceptors (Lipinski definition) is 5. The summed E-state index contributed by atoms with van der Waals surface area (Å²) in [5, 5.41) is 12.7. The molecule has 0 spiro atoms. The lowest BCUT2D eigenvalue weighted by molar-refractivity contribution is -0.139. The lowest BCUT2D eigenvalue weighted by Gasteiger charge is -2.48. The molecule has 2 saturated heterocycles. The first-order chi connectivity index (χ1) is 18.6. The second-order valence-corrected chi connectivity index (χ2v) is 10.6. The minimum Gasteiger partial charge on any atom is -0.361 e. The minimum absolute atomic E-state index is 0.0774. The van der Waals surface area contributed by atoms with Gasteiger partial charge in [0.1, 0.15) is 18.5 Å². The van der Waals surface area contributed by atoms with Crippen molar-refractivity contribution in [1.82, 2.24) is 34.9 Å². The van der Waals surface area contributed by atoms with Crippen LogP contribution in [0, 0.1) is 11.7 Å². The van der Waals surface area contributed by atoms with Gasteiger partial charge in [-0.15, -0.1) is 10.2 Å². The number of H-pyrrole nitrogens is 1. The molecule has 2 N–H and O–H groups in total. The van der Waals surface area contributed by atoms with Crippen molar-refractivity contribution < 1.29 is 9.18 Å². The van der Waals surface area contributed by atoms with Crippen LogP contribution >= 0.6 is 0 Å². The van der Waals surface area contributed by atoms with Crippen molar-refractivity contribution in [2.75, 3.05) is 33.2 Å². The number of rotatable bonds is 7. The van der Waals surface area contributed by atoms with Crippen LogP contribution in [0.5, 0.6) is 0 Å². The molecule has 198 valence electrons. The van der Waals surface area contributed by atoms with Gasteiger partial charge in [-0.05, 0) is 86.1 Å². The van der Waals surface area contributed by atoms with Gasteiger partial charge in [-0.1, -0.05) is 12.1 Å². The van der Waals surface area contributed by atoms with Crippen LogP contribution in [-0.4, -0.2) is 74.7 Å². The van der Waals surface area contributed by atoms with Crippen LogP contribution in [0.4, 0.5) is 4.39 Å². The third-order valence-electron chi connectivity index (χ3n) is 8.33. The van der Waals surface area contributed by atoms with Crippen LogP contribution in [0.15, 0.2) is 61.3 Å². The monoisotopic (exact) mass is 515 g/mol. The van der Waals surface area contributed by atoms with Crippen LogP contribution in [-0.2, 0) is 11.2 Å². The highest BCUT2D eigenvalue weighted by atomic mass is 19.1. The van der Waals surface area contributed by atoms with E-state index in [1.54, 1.807) is 12.7 Å². The quantitative estimate of drug-likeness (QED) is 0.392. The van der Waals surface area contributed by atoms with Gasteiger partial charge in [0.05, 0.1) is 12.6 Å². The van der Waals surface area contributed by atoms with Crippen molar-refractivity contribution in [1.29, 1.82) is 0 Å². The van der Waals surface area contributed by atoms with E-state index in [2.05, 4.69) is 49.8 Å². The van der Waals surface area contributed by atoms with Crippen LogP contribution in [0.25, 0.3) is 16.6 Å². The third kappa shape index (κ3) is 4.96. The van der Waals surface area contributed by atoms with Crippen molar-refractivity contribution in [3.05, 3.63) is 78.3 Å². The Bertz CT molecular complexity index is 1380. The second-order valence-electron chi connectivity index (χ2n) is 10.6. The largest absolute Gasteiger partial charge is 0.361 e. The summed E-state index contributed by atoms with van der Waals surface area (Å²) in [6.07, 6.45) is 9.69. The number of aryl methyl sites for hydroxylation is 1. The van der Waals surface area contributed by atoms with E-state index in [9.17, 15) is 9.18 Å². The zero-order valence-corrected chi connectivity index (χ0v) is 21.7. The smallest absolute Gasteiger partial charge is 0.236 e.